The van der Waals surface area contributed by atoms with Gasteiger partial charge in [-0.3, -0.25) is 9.69 Å². The molecule has 0 unspecified atom stereocenters. The van der Waals surface area contributed by atoms with Crippen molar-refractivity contribution in [2.45, 2.75) is 32.4 Å². The maximum atomic E-state index is 13.7. The average Bonchev–Trinajstić information content (AvgIpc) is 2.97. The van der Waals surface area contributed by atoms with Gasteiger partial charge in [0.2, 0.25) is 0 Å². The third-order valence-corrected chi connectivity index (χ3v) is 5.59. The molecule has 0 aliphatic carbocycles. The van der Waals surface area contributed by atoms with Crippen LogP contribution in [0.25, 0.3) is 0 Å². The number of nitrogens with zero attached hydrogens (tertiary/aromatic N) is 1. The minimum atomic E-state index is -1.10. The van der Waals surface area contributed by atoms with Crippen molar-refractivity contribution in [1.82, 2.24) is 10.2 Å². The maximum Gasteiger partial charge on any atom is 0.325 e. The number of rotatable bonds is 5. The first-order valence-corrected chi connectivity index (χ1v) is 9.79. The Morgan fingerprint density at radius 3 is 2.21 bits per heavy atom. The summed E-state index contributed by atoms with van der Waals surface area (Å²) in [6.07, 6.45) is 0.408. The van der Waals surface area contributed by atoms with Gasteiger partial charge in [-0.05, 0) is 36.1 Å². The van der Waals surface area contributed by atoms with E-state index in [4.69, 9.17) is 0 Å². The second-order valence-electron chi connectivity index (χ2n) is 7.69. The fourth-order valence-corrected chi connectivity index (χ4v) is 3.95. The van der Waals surface area contributed by atoms with Crippen LogP contribution in [0.1, 0.15) is 27.8 Å². The Balaban J connectivity index is 1.74. The summed E-state index contributed by atoms with van der Waals surface area (Å²) in [4.78, 5) is 28.0. The third-order valence-electron chi connectivity index (χ3n) is 5.59. The van der Waals surface area contributed by atoms with Gasteiger partial charge in [-0.2, -0.15) is 0 Å². The fourth-order valence-electron chi connectivity index (χ4n) is 3.95. The van der Waals surface area contributed by atoms with Gasteiger partial charge >= 0.3 is 6.03 Å². The molecule has 1 N–H and O–H groups in total. The van der Waals surface area contributed by atoms with Crippen LogP contribution < -0.4 is 5.32 Å². The molecule has 4 heteroatoms. The normalized spacial score (nSPS) is 18.8. The number of aryl methyl sites for hydroxylation is 2. The van der Waals surface area contributed by atoms with E-state index in [-0.39, 0.29) is 18.5 Å². The van der Waals surface area contributed by atoms with E-state index in [0.717, 1.165) is 27.8 Å². The molecule has 1 atom stereocenters. The molecule has 0 radical (unpaired) electrons. The van der Waals surface area contributed by atoms with Crippen molar-refractivity contribution in [3.8, 4) is 0 Å². The SMILES string of the molecule is Cc1ccc(C)c(CN2C(=O)N[C@](Cc3ccccc3)(c3ccccc3)C2=O)c1. The van der Waals surface area contributed by atoms with Crippen molar-refractivity contribution >= 4 is 11.9 Å². The molecule has 1 fully saturated rings. The lowest BCUT2D eigenvalue weighted by Gasteiger charge is -2.27. The van der Waals surface area contributed by atoms with Crippen LogP contribution in [0.5, 0.6) is 0 Å². The Bertz CT molecular complexity index is 1050. The topological polar surface area (TPSA) is 49.4 Å². The highest BCUT2D eigenvalue weighted by Gasteiger charge is 2.52. The van der Waals surface area contributed by atoms with Crippen LogP contribution in [0.2, 0.25) is 0 Å². The summed E-state index contributed by atoms with van der Waals surface area (Å²) in [6, 6.07) is 25.1. The molecule has 146 valence electrons. The van der Waals surface area contributed by atoms with Crippen LogP contribution in [0, 0.1) is 13.8 Å². The van der Waals surface area contributed by atoms with E-state index in [9.17, 15) is 9.59 Å². The number of hydrogen-bond acceptors (Lipinski definition) is 2. The van der Waals surface area contributed by atoms with Crippen molar-refractivity contribution in [3.05, 3.63) is 107 Å². The molecule has 4 nitrogen and oxygen atoms in total. The Kier molecular flexibility index (Phi) is 4.93. The average molecular weight is 384 g/mol. The largest absolute Gasteiger partial charge is 0.325 e. The van der Waals surface area contributed by atoms with Gasteiger partial charge in [0.1, 0.15) is 0 Å². The third kappa shape index (κ3) is 3.54. The minimum Gasteiger partial charge on any atom is -0.319 e. The van der Waals surface area contributed by atoms with Gasteiger partial charge in [0.15, 0.2) is 5.54 Å². The van der Waals surface area contributed by atoms with E-state index in [0.29, 0.717) is 6.42 Å². The lowest BCUT2D eigenvalue weighted by molar-refractivity contribution is -0.132. The van der Waals surface area contributed by atoms with E-state index in [1.807, 2.05) is 92.7 Å². The van der Waals surface area contributed by atoms with Gasteiger partial charge in [-0.15, -0.1) is 0 Å². The summed E-state index contributed by atoms with van der Waals surface area (Å²) >= 11 is 0. The minimum absolute atomic E-state index is 0.210. The Labute approximate surface area is 171 Å². The summed E-state index contributed by atoms with van der Waals surface area (Å²) < 4.78 is 0. The van der Waals surface area contributed by atoms with Gasteiger partial charge in [-0.25, -0.2) is 4.79 Å². The van der Waals surface area contributed by atoms with Crippen LogP contribution in [-0.4, -0.2) is 16.8 Å². The Morgan fingerprint density at radius 2 is 1.52 bits per heavy atom. The summed E-state index contributed by atoms with van der Waals surface area (Å²) in [5.41, 5.74) is 3.85. The molecule has 29 heavy (non-hydrogen) atoms. The van der Waals surface area contributed by atoms with Crippen molar-refractivity contribution in [2.24, 2.45) is 0 Å². The van der Waals surface area contributed by atoms with Crippen molar-refractivity contribution in [1.29, 1.82) is 0 Å². The molecule has 0 bridgehead atoms. The van der Waals surface area contributed by atoms with Crippen LogP contribution in [0.4, 0.5) is 4.79 Å². The van der Waals surface area contributed by atoms with E-state index in [1.54, 1.807) is 0 Å². The van der Waals surface area contributed by atoms with Gasteiger partial charge in [0.25, 0.3) is 5.91 Å². The second kappa shape index (κ2) is 7.55. The highest BCUT2D eigenvalue weighted by atomic mass is 16.2. The molecule has 0 saturated carbocycles. The number of amides is 3. The lowest BCUT2D eigenvalue weighted by Crippen LogP contribution is -2.46. The number of imide groups is 1. The first kappa shape index (κ1) is 18.9. The summed E-state index contributed by atoms with van der Waals surface area (Å²) in [5.74, 6) is -0.210. The molecule has 1 aliphatic heterocycles. The van der Waals surface area contributed by atoms with Crippen LogP contribution in [0.3, 0.4) is 0 Å². The van der Waals surface area contributed by atoms with Gasteiger partial charge in [-0.1, -0.05) is 84.4 Å². The number of benzene rings is 3. The number of nitrogens with one attached hydrogen (secondary N) is 1. The van der Waals surface area contributed by atoms with E-state index in [1.165, 1.54) is 4.90 Å². The molecular weight excluding hydrogens is 360 g/mol. The zero-order chi connectivity index (χ0) is 20.4. The second-order valence-corrected chi connectivity index (χ2v) is 7.69. The first-order valence-electron chi connectivity index (χ1n) is 9.79. The molecule has 1 aliphatic rings. The Hall–Kier alpha value is -3.40. The molecule has 0 aromatic heterocycles. The number of urea groups is 1. The zero-order valence-corrected chi connectivity index (χ0v) is 16.7. The van der Waals surface area contributed by atoms with Crippen molar-refractivity contribution in [3.63, 3.8) is 0 Å². The summed E-state index contributed by atoms with van der Waals surface area (Å²) in [6.45, 7) is 4.28. The molecule has 0 spiro atoms. The molecule has 1 heterocycles. The molecule has 1 saturated heterocycles. The van der Waals surface area contributed by atoms with Crippen molar-refractivity contribution < 1.29 is 9.59 Å². The summed E-state index contributed by atoms with van der Waals surface area (Å²) in [5, 5.41) is 3.02. The smallest absolute Gasteiger partial charge is 0.319 e. The fraction of sp³-hybridized carbons (Fsp3) is 0.200. The quantitative estimate of drug-likeness (QED) is 0.659. The highest BCUT2D eigenvalue weighted by molar-refractivity contribution is 6.07. The van der Waals surface area contributed by atoms with Gasteiger partial charge < -0.3 is 5.32 Å². The number of hydrogen-bond donors (Lipinski definition) is 1. The summed E-state index contributed by atoms with van der Waals surface area (Å²) in [7, 11) is 0. The maximum absolute atomic E-state index is 13.7. The highest BCUT2D eigenvalue weighted by Crippen LogP contribution is 2.34. The van der Waals surface area contributed by atoms with Gasteiger partial charge in [0, 0.05) is 6.42 Å². The molecule has 3 aromatic carbocycles. The van der Waals surface area contributed by atoms with E-state index in [2.05, 4.69) is 5.32 Å². The van der Waals surface area contributed by atoms with Gasteiger partial charge in [0.05, 0.1) is 6.54 Å². The molecule has 4 rings (SSSR count). The predicted molar refractivity (Wildman–Crippen MR) is 113 cm³/mol. The predicted octanol–water partition coefficient (Wildman–Crippen LogP) is 4.49. The molecule has 3 aromatic rings. The standard InChI is InChI=1S/C25H24N2O2/c1-18-13-14-19(2)21(15-18)17-27-23(28)25(26-24(27)29,22-11-7-4-8-12-22)16-20-9-5-3-6-10-20/h3-15H,16-17H2,1-2H3,(H,26,29)/t25-/m1/s1. The van der Waals surface area contributed by atoms with Crippen LogP contribution >= 0.6 is 0 Å². The molecule has 3 amide bonds. The van der Waals surface area contributed by atoms with E-state index >= 15 is 0 Å². The number of carbonyl (C=O) groups is 2. The number of carbonyl (C=O) groups excluding carboxylic acids is 2. The van der Waals surface area contributed by atoms with Crippen molar-refractivity contribution in [2.75, 3.05) is 0 Å². The van der Waals surface area contributed by atoms with Crippen LogP contribution in [0.15, 0.2) is 78.9 Å². The Morgan fingerprint density at radius 1 is 0.862 bits per heavy atom. The monoisotopic (exact) mass is 384 g/mol. The zero-order valence-electron chi connectivity index (χ0n) is 16.7. The molecular formula is C25H24N2O2. The lowest BCUT2D eigenvalue weighted by atomic mass is 9.83. The van der Waals surface area contributed by atoms with Crippen LogP contribution in [-0.2, 0) is 23.3 Å². The first-order chi connectivity index (χ1) is 14.0. The van der Waals surface area contributed by atoms with E-state index < -0.39 is 5.54 Å².